The number of carbonyl (C=O) groups is 2. The highest BCUT2D eigenvalue weighted by Gasteiger charge is 2.23. The highest BCUT2D eigenvalue weighted by molar-refractivity contribution is 7.89. The zero-order valence-electron chi connectivity index (χ0n) is 17.1. The first-order chi connectivity index (χ1) is 14.8. The molecular formula is C21H24ClN3O5S. The Kier molecular flexibility index (Phi) is 7.53. The van der Waals surface area contributed by atoms with E-state index in [2.05, 4.69) is 10.0 Å². The SMILES string of the molecule is COc1ccc(NC(=O)CCNS(=O)(=O)c2ccccc2Cl)cc1N1CCCCC1=O. The fourth-order valence-electron chi connectivity index (χ4n) is 3.30. The molecule has 1 saturated heterocycles. The number of halogens is 1. The molecule has 0 saturated carbocycles. The first kappa shape index (κ1) is 23.1. The summed E-state index contributed by atoms with van der Waals surface area (Å²) in [5.41, 5.74) is 1.09. The predicted octanol–water partition coefficient (Wildman–Crippen LogP) is 3.17. The molecule has 2 N–H and O–H groups in total. The molecule has 1 heterocycles. The van der Waals surface area contributed by atoms with Crippen molar-refractivity contribution < 1.29 is 22.7 Å². The molecule has 0 bridgehead atoms. The van der Waals surface area contributed by atoms with Crippen LogP contribution < -0.4 is 19.7 Å². The van der Waals surface area contributed by atoms with E-state index in [1.165, 1.54) is 19.2 Å². The van der Waals surface area contributed by atoms with Crippen LogP contribution in [0.3, 0.4) is 0 Å². The standard InChI is InChI=1S/C21H24ClN3O5S/c1-30-18-10-9-15(14-17(18)25-13-5-4-8-21(25)27)24-20(26)11-12-23-31(28,29)19-7-3-2-6-16(19)22/h2-3,6-7,9-10,14,23H,4-5,8,11-13H2,1H3,(H,24,26). The van der Waals surface area contributed by atoms with Crippen LogP contribution >= 0.6 is 11.6 Å². The summed E-state index contributed by atoms with van der Waals surface area (Å²) in [5.74, 6) is 0.186. The number of anilines is 2. The first-order valence-electron chi connectivity index (χ1n) is 9.84. The van der Waals surface area contributed by atoms with E-state index in [9.17, 15) is 18.0 Å². The normalized spacial score (nSPS) is 14.4. The number of ether oxygens (including phenoxy) is 1. The Labute approximate surface area is 186 Å². The Hall–Kier alpha value is -2.62. The summed E-state index contributed by atoms with van der Waals surface area (Å²) in [6.45, 7) is 0.503. The number of sulfonamides is 1. The number of nitrogens with zero attached hydrogens (tertiary/aromatic N) is 1. The fourth-order valence-corrected chi connectivity index (χ4v) is 4.85. The quantitative estimate of drug-likeness (QED) is 0.623. The van der Waals surface area contributed by atoms with Crippen LogP contribution in [0.1, 0.15) is 25.7 Å². The van der Waals surface area contributed by atoms with Crippen LogP contribution in [0.25, 0.3) is 0 Å². The third-order valence-corrected chi connectivity index (χ3v) is 6.81. The van der Waals surface area contributed by atoms with Crippen LogP contribution in [0, 0.1) is 0 Å². The van der Waals surface area contributed by atoms with Gasteiger partial charge < -0.3 is 15.0 Å². The lowest BCUT2D eigenvalue weighted by Crippen LogP contribution is -2.35. The average Bonchev–Trinajstić information content (AvgIpc) is 2.74. The summed E-state index contributed by atoms with van der Waals surface area (Å²) >= 11 is 5.93. The molecule has 2 aromatic carbocycles. The van der Waals surface area contributed by atoms with Gasteiger partial charge in [0, 0.05) is 31.6 Å². The number of carbonyl (C=O) groups excluding carboxylic acids is 2. The second kappa shape index (κ2) is 10.1. The second-order valence-electron chi connectivity index (χ2n) is 7.02. The van der Waals surface area contributed by atoms with Gasteiger partial charge in [-0.1, -0.05) is 23.7 Å². The van der Waals surface area contributed by atoms with Crippen LogP contribution in [0.15, 0.2) is 47.4 Å². The topological polar surface area (TPSA) is 105 Å². The molecule has 31 heavy (non-hydrogen) atoms. The van der Waals surface area contributed by atoms with Crippen LogP contribution in [0.5, 0.6) is 5.75 Å². The van der Waals surface area contributed by atoms with E-state index in [1.54, 1.807) is 35.2 Å². The Morgan fingerprint density at radius 3 is 2.68 bits per heavy atom. The van der Waals surface area contributed by atoms with Crippen molar-refractivity contribution >= 4 is 44.8 Å². The minimum Gasteiger partial charge on any atom is -0.495 e. The van der Waals surface area contributed by atoms with E-state index in [0.717, 1.165) is 12.8 Å². The number of rotatable bonds is 8. The van der Waals surface area contributed by atoms with E-state index in [-0.39, 0.29) is 34.7 Å². The summed E-state index contributed by atoms with van der Waals surface area (Å²) in [5, 5.41) is 2.84. The van der Waals surface area contributed by atoms with E-state index >= 15 is 0 Å². The van der Waals surface area contributed by atoms with Gasteiger partial charge in [0.1, 0.15) is 10.6 Å². The van der Waals surface area contributed by atoms with Gasteiger partial charge in [-0.2, -0.15) is 0 Å². The molecular weight excluding hydrogens is 442 g/mol. The largest absolute Gasteiger partial charge is 0.495 e. The summed E-state index contributed by atoms with van der Waals surface area (Å²) in [6, 6.07) is 11.1. The number of benzene rings is 2. The maximum Gasteiger partial charge on any atom is 0.242 e. The first-order valence-corrected chi connectivity index (χ1v) is 11.7. The molecule has 2 amide bonds. The van der Waals surface area contributed by atoms with Crippen LogP contribution in [-0.4, -0.2) is 40.4 Å². The van der Waals surface area contributed by atoms with E-state index in [1.807, 2.05) is 0 Å². The number of nitrogens with one attached hydrogen (secondary N) is 2. The Balaban J connectivity index is 1.62. The second-order valence-corrected chi connectivity index (χ2v) is 9.16. The zero-order chi connectivity index (χ0) is 22.4. The number of piperidine rings is 1. The maximum absolute atomic E-state index is 12.3. The molecule has 1 fully saturated rings. The Bertz CT molecular complexity index is 1070. The van der Waals surface area contributed by atoms with Gasteiger partial charge in [-0.25, -0.2) is 13.1 Å². The zero-order valence-corrected chi connectivity index (χ0v) is 18.6. The van der Waals surface area contributed by atoms with Gasteiger partial charge in [0.15, 0.2) is 0 Å². The Morgan fingerprint density at radius 2 is 1.97 bits per heavy atom. The number of methoxy groups -OCH3 is 1. The third kappa shape index (κ3) is 5.75. The summed E-state index contributed by atoms with van der Waals surface area (Å²) < 4.78 is 32.4. The number of hydrogen-bond acceptors (Lipinski definition) is 5. The van der Waals surface area contributed by atoms with Crippen molar-refractivity contribution in [1.82, 2.24) is 4.72 Å². The summed E-state index contributed by atoms with van der Waals surface area (Å²) in [6.07, 6.45) is 2.16. The van der Waals surface area contributed by atoms with Gasteiger partial charge in [-0.15, -0.1) is 0 Å². The van der Waals surface area contributed by atoms with Gasteiger partial charge in [0.25, 0.3) is 0 Å². The summed E-state index contributed by atoms with van der Waals surface area (Å²) in [4.78, 5) is 26.2. The molecule has 10 heteroatoms. The van der Waals surface area contributed by atoms with Crippen molar-refractivity contribution in [3.05, 3.63) is 47.5 Å². The molecule has 0 unspecified atom stereocenters. The van der Waals surface area contributed by atoms with Crippen molar-refractivity contribution in [2.24, 2.45) is 0 Å². The molecule has 0 aliphatic carbocycles. The predicted molar refractivity (Wildman–Crippen MR) is 119 cm³/mol. The van der Waals surface area contributed by atoms with E-state index < -0.39 is 10.0 Å². The van der Waals surface area contributed by atoms with Gasteiger partial charge in [-0.3, -0.25) is 9.59 Å². The number of hydrogen-bond donors (Lipinski definition) is 2. The van der Waals surface area contributed by atoms with Crippen molar-refractivity contribution in [3.63, 3.8) is 0 Å². The Morgan fingerprint density at radius 1 is 1.19 bits per heavy atom. The van der Waals surface area contributed by atoms with E-state index in [4.69, 9.17) is 16.3 Å². The van der Waals surface area contributed by atoms with Crippen LogP contribution in [0.2, 0.25) is 5.02 Å². The van der Waals surface area contributed by atoms with Crippen LogP contribution in [0.4, 0.5) is 11.4 Å². The van der Waals surface area contributed by atoms with Crippen molar-refractivity contribution in [2.75, 3.05) is 30.4 Å². The van der Waals surface area contributed by atoms with Crippen LogP contribution in [-0.2, 0) is 19.6 Å². The minimum absolute atomic E-state index is 0.0157. The van der Waals surface area contributed by atoms with Gasteiger partial charge in [0.05, 0.1) is 17.8 Å². The van der Waals surface area contributed by atoms with Crippen molar-refractivity contribution in [1.29, 1.82) is 0 Å². The molecule has 166 valence electrons. The van der Waals surface area contributed by atoms with E-state index in [0.29, 0.717) is 30.1 Å². The molecule has 3 rings (SSSR count). The molecule has 0 spiro atoms. The minimum atomic E-state index is -3.82. The van der Waals surface area contributed by atoms with Gasteiger partial charge in [0.2, 0.25) is 21.8 Å². The average molecular weight is 466 g/mol. The van der Waals surface area contributed by atoms with Crippen molar-refractivity contribution in [2.45, 2.75) is 30.6 Å². The molecule has 1 aliphatic heterocycles. The molecule has 1 aliphatic rings. The molecule has 0 radical (unpaired) electrons. The van der Waals surface area contributed by atoms with Gasteiger partial charge >= 0.3 is 0 Å². The lowest BCUT2D eigenvalue weighted by molar-refractivity contribution is -0.119. The maximum atomic E-state index is 12.3. The van der Waals surface area contributed by atoms with Gasteiger partial charge in [-0.05, 0) is 43.2 Å². The summed E-state index contributed by atoms with van der Waals surface area (Å²) in [7, 11) is -2.29. The molecule has 0 atom stereocenters. The molecule has 0 aromatic heterocycles. The lowest BCUT2D eigenvalue weighted by atomic mass is 10.1. The number of amides is 2. The highest BCUT2D eigenvalue weighted by atomic mass is 35.5. The molecule has 8 nitrogen and oxygen atoms in total. The lowest BCUT2D eigenvalue weighted by Gasteiger charge is -2.28. The fraction of sp³-hybridized carbons (Fsp3) is 0.333. The molecule has 2 aromatic rings. The van der Waals surface area contributed by atoms with Crippen molar-refractivity contribution in [3.8, 4) is 5.75 Å². The smallest absolute Gasteiger partial charge is 0.242 e. The third-order valence-electron chi connectivity index (χ3n) is 4.85. The monoisotopic (exact) mass is 465 g/mol. The highest BCUT2D eigenvalue weighted by Crippen LogP contribution is 2.33.